The lowest BCUT2D eigenvalue weighted by molar-refractivity contribution is 0.517. The first-order valence-corrected chi connectivity index (χ1v) is 5.88. The van der Waals surface area contributed by atoms with Crippen LogP contribution in [-0.4, -0.2) is 4.57 Å². The minimum atomic E-state index is -0.309. The molecule has 1 aromatic heterocycles. The highest BCUT2D eigenvalue weighted by Crippen LogP contribution is 2.13. The average molecular weight is 239 g/mol. The van der Waals surface area contributed by atoms with Gasteiger partial charge in [-0.15, -0.1) is 0 Å². The lowest BCUT2D eigenvalue weighted by Crippen LogP contribution is -2.14. The normalized spacial score (nSPS) is 10.9. The van der Waals surface area contributed by atoms with Gasteiger partial charge in [0, 0.05) is 0 Å². The van der Waals surface area contributed by atoms with Crippen LogP contribution in [0.5, 0.6) is 0 Å². The maximum atomic E-state index is 11.8. The van der Waals surface area contributed by atoms with Crippen LogP contribution in [0, 0.1) is 6.92 Å². The number of para-hydroxylation sites is 2. The minimum absolute atomic E-state index is 0.309. The predicted molar refractivity (Wildman–Crippen MR) is 70.8 cm³/mol. The molecule has 2 aromatic carbocycles. The van der Waals surface area contributed by atoms with Gasteiger partial charge in [-0.1, -0.05) is 42.0 Å². The largest absolute Gasteiger partial charge is 0.420 e. The van der Waals surface area contributed by atoms with Crippen molar-refractivity contribution in [3.63, 3.8) is 0 Å². The molecule has 0 aliphatic carbocycles. The molecular formula is C15H13NO2. The van der Waals surface area contributed by atoms with E-state index in [1.807, 2.05) is 55.5 Å². The molecule has 0 spiro atoms. The maximum Gasteiger partial charge on any atom is 0.420 e. The molecule has 0 atom stereocenters. The van der Waals surface area contributed by atoms with E-state index in [1.165, 1.54) is 5.56 Å². The van der Waals surface area contributed by atoms with Crippen LogP contribution in [0.2, 0.25) is 0 Å². The van der Waals surface area contributed by atoms with Gasteiger partial charge in [-0.2, -0.15) is 0 Å². The van der Waals surface area contributed by atoms with E-state index >= 15 is 0 Å². The van der Waals surface area contributed by atoms with Crippen LogP contribution in [-0.2, 0) is 6.54 Å². The summed E-state index contributed by atoms with van der Waals surface area (Å²) in [6.45, 7) is 2.58. The highest BCUT2D eigenvalue weighted by atomic mass is 16.4. The van der Waals surface area contributed by atoms with E-state index < -0.39 is 0 Å². The number of aryl methyl sites for hydroxylation is 1. The Bertz CT molecular complexity index is 735. The van der Waals surface area contributed by atoms with Crippen LogP contribution in [0.4, 0.5) is 0 Å². The topological polar surface area (TPSA) is 35.1 Å². The van der Waals surface area contributed by atoms with E-state index in [0.717, 1.165) is 11.1 Å². The summed E-state index contributed by atoms with van der Waals surface area (Å²) in [5.41, 5.74) is 3.77. The molecule has 18 heavy (non-hydrogen) atoms. The number of rotatable bonds is 2. The van der Waals surface area contributed by atoms with Gasteiger partial charge in [0.2, 0.25) is 0 Å². The highest BCUT2D eigenvalue weighted by molar-refractivity contribution is 5.72. The van der Waals surface area contributed by atoms with Gasteiger partial charge in [0.1, 0.15) is 0 Å². The highest BCUT2D eigenvalue weighted by Gasteiger charge is 2.08. The summed E-state index contributed by atoms with van der Waals surface area (Å²) in [5.74, 6) is -0.309. The summed E-state index contributed by atoms with van der Waals surface area (Å²) in [4.78, 5) is 11.8. The Balaban J connectivity index is 2.07. The Kier molecular flexibility index (Phi) is 2.52. The quantitative estimate of drug-likeness (QED) is 0.689. The first kappa shape index (κ1) is 10.8. The molecular weight excluding hydrogens is 226 g/mol. The van der Waals surface area contributed by atoms with Crippen molar-refractivity contribution in [1.82, 2.24) is 4.57 Å². The van der Waals surface area contributed by atoms with Crippen molar-refractivity contribution in [2.75, 3.05) is 0 Å². The summed E-state index contributed by atoms with van der Waals surface area (Å²) >= 11 is 0. The van der Waals surface area contributed by atoms with Crippen LogP contribution >= 0.6 is 0 Å². The lowest BCUT2D eigenvalue weighted by atomic mass is 10.1. The second-order valence-electron chi connectivity index (χ2n) is 4.41. The summed E-state index contributed by atoms with van der Waals surface area (Å²) < 4.78 is 6.86. The smallest absolute Gasteiger partial charge is 0.408 e. The molecule has 0 N–H and O–H groups in total. The second kappa shape index (κ2) is 4.18. The van der Waals surface area contributed by atoms with Gasteiger partial charge in [0.25, 0.3) is 0 Å². The van der Waals surface area contributed by atoms with E-state index in [4.69, 9.17) is 4.42 Å². The second-order valence-corrected chi connectivity index (χ2v) is 4.41. The monoisotopic (exact) mass is 239 g/mol. The van der Waals surface area contributed by atoms with E-state index in [2.05, 4.69) is 0 Å². The van der Waals surface area contributed by atoms with Crippen molar-refractivity contribution in [3.05, 3.63) is 70.2 Å². The third kappa shape index (κ3) is 1.84. The van der Waals surface area contributed by atoms with Crippen LogP contribution in [0.25, 0.3) is 11.1 Å². The molecule has 3 heteroatoms. The summed E-state index contributed by atoms with van der Waals surface area (Å²) in [6.07, 6.45) is 0. The van der Waals surface area contributed by atoms with Crippen LogP contribution in [0.3, 0.4) is 0 Å². The Morgan fingerprint density at radius 1 is 1.06 bits per heavy atom. The zero-order valence-corrected chi connectivity index (χ0v) is 10.1. The number of oxazole rings is 1. The van der Waals surface area contributed by atoms with Crippen LogP contribution in [0.1, 0.15) is 11.1 Å². The van der Waals surface area contributed by atoms with E-state index in [0.29, 0.717) is 12.1 Å². The first-order chi connectivity index (χ1) is 8.74. The Hall–Kier alpha value is -2.29. The molecule has 0 aliphatic rings. The Morgan fingerprint density at radius 2 is 1.78 bits per heavy atom. The van der Waals surface area contributed by atoms with E-state index in [9.17, 15) is 4.79 Å². The number of hydrogen-bond donors (Lipinski definition) is 0. The van der Waals surface area contributed by atoms with Gasteiger partial charge in [-0.05, 0) is 24.6 Å². The molecule has 0 amide bonds. The zero-order valence-electron chi connectivity index (χ0n) is 10.1. The van der Waals surface area contributed by atoms with Crippen molar-refractivity contribution < 1.29 is 4.42 Å². The summed E-state index contributed by atoms with van der Waals surface area (Å²) in [5, 5.41) is 0. The molecule has 0 radical (unpaired) electrons. The van der Waals surface area contributed by atoms with Gasteiger partial charge in [0.15, 0.2) is 5.58 Å². The van der Waals surface area contributed by atoms with Crippen molar-refractivity contribution in [1.29, 1.82) is 0 Å². The minimum Gasteiger partial charge on any atom is -0.408 e. The number of nitrogens with zero attached hydrogens (tertiary/aromatic N) is 1. The maximum absolute atomic E-state index is 11.8. The zero-order chi connectivity index (χ0) is 12.5. The van der Waals surface area contributed by atoms with Crippen molar-refractivity contribution in [3.8, 4) is 0 Å². The molecule has 90 valence electrons. The van der Waals surface area contributed by atoms with Gasteiger partial charge >= 0.3 is 5.76 Å². The first-order valence-electron chi connectivity index (χ1n) is 5.88. The molecule has 0 saturated carbocycles. The number of benzene rings is 2. The lowest BCUT2D eigenvalue weighted by Gasteiger charge is -2.03. The SMILES string of the molecule is Cc1ccc(Cn2c(=O)oc3ccccc32)cc1. The number of aromatic nitrogens is 1. The third-order valence-corrected chi connectivity index (χ3v) is 3.03. The Morgan fingerprint density at radius 3 is 2.56 bits per heavy atom. The van der Waals surface area contributed by atoms with Gasteiger partial charge < -0.3 is 4.42 Å². The van der Waals surface area contributed by atoms with Gasteiger partial charge in [-0.25, -0.2) is 4.79 Å². The fourth-order valence-corrected chi connectivity index (χ4v) is 2.04. The van der Waals surface area contributed by atoms with E-state index in [-0.39, 0.29) is 5.76 Å². The van der Waals surface area contributed by atoms with Crippen molar-refractivity contribution >= 4 is 11.1 Å². The average Bonchev–Trinajstić information content (AvgIpc) is 2.69. The fourth-order valence-electron chi connectivity index (χ4n) is 2.04. The predicted octanol–water partition coefficient (Wildman–Crippen LogP) is 2.95. The number of fused-ring (bicyclic) bond motifs is 1. The molecule has 3 rings (SSSR count). The standard InChI is InChI=1S/C15H13NO2/c1-11-6-8-12(9-7-11)10-16-13-4-2-3-5-14(13)18-15(16)17/h2-9H,10H2,1H3. The van der Waals surface area contributed by atoms with Gasteiger partial charge in [-0.3, -0.25) is 4.57 Å². The molecule has 0 fully saturated rings. The molecule has 3 nitrogen and oxygen atoms in total. The van der Waals surface area contributed by atoms with Gasteiger partial charge in [0.05, 0.1) is 12.1 Å². The summed E-state index contributed by atoms with van der Waals surface area (Å²) in [7, 11) is 0. The van der Waals surface area contributed by atoms with E-state index in [1.54, 1.807) is 4.57 Å². The molecule has 0 bridgehead atoms. The van der Waals surface area contributed by atoms with Crippen LogP contribution < -0.4 is 5.76 Å². The molecule has 1 heterocycles. The summed E-state index contributed by atoms with van der Waals surface area (Å²) in [6, 6.07) is 15.6. The third-order valence-electron chi connectivity index (χ3n) is 3.03. The molecule has 0 unspecified atom stereocenters. The van der Waals surface area contributed by atoms with Crippen molar-refractivity contribution in [2.45, 2.75) is 13.5 Å². The fraction of sp³-hybridized carbons (Fsp3) is 0.133. The molecule has 0 saturated heterocycles. The van der Waals surface area contributed by atoms with Crippen LogP contribution in [0.15, 0.2) is 57.7 Å². The number of hydrogen-bond acceptors (Lipinski definition) is 2. The van der Waals surface area contributed by atoms with Crippen molar-refractivity contribution in [2.24, 2.45) is 0 Å². The molecule has 3 aromatic rings. The Labute approximate surface area is 104 Å². The molecule has 0 aliphatic heterocycles.